The molecule has 110 valence electrons. The number of fused-ring (bicyclic) bond motifs is 1. The summed E-state index contributed by atoms with van der Waals surface area (Å²) in [4.78, 5) is 2.30. The van der Waals surface area contributed by atoms with Gasteiger partial charge in [0.2, 0.25) is 0 Å². The van der Waals surface area contributed by atoms with Gasteiger partial charge in [-0.05, 0) is 64.8 Å². The van der Waals surface area contributed by atoms with E-state index < -0.39 is 0 Å². The largest absolute Gasteiger partial charge is 0.486 e. The summed E-state index contributed by atoms with van der Waals surface area (Å²) in [6.07, 6.45) is 0.896. The summed E-state index contributed by atoms with van der Waals surface area (Å²) < 4.78 is 12.2. The molecule has 1 aliphatic rings. The van der Waals surface area contributed by atoms with Gasteiger partial charge in [0.25, 0.3) is 0 Å². The van der Waals surface area contributed by atoms with E-state index in [1.807, 2.05) is 12.1 Å². The van der Waals surface area contributed by atoms with Crippen LogP contribution in [0.3, 0.4) is 0 Å². The molecule has 21 heavy (non-hydrogen) atoms. The molecular formula is C16H16BrNO2S. The highest BCUT2D eigenvalue weighted by Crippen LogP contribution is 2.39. The van der Waals surface area contributed by atoms with Gasteiger partial charge < -0.3 is 15.2 Å². The Labute approximate surface area is 137 Å². The van der Waals surface area contributed by atoms with E-state index in [1.54, 1.807) is 11.8 Å². The van der Waals surface area contributed by atoms with Crippen molar-refractivity contribution in [1.82, 2.24) is 0 Å². The van der Waals surface area contributed by atoms with Crippen molar-refractivity contribution in [3.05, 3.63) is 46.4 Å². The van der Waals surface area contributed by atoms with Crippen molar-refractivity contribution in [2.24, 2.45) is 5.73 Å². The van der Waals surface area contributed by atoms with Gasteiger partial charge in [-0.1, -0.05) is 17.8 Å². The smallest absolute Gasteiger partial charge is 0.162 e. The lowest BCUT2D eigenvalue weighted by molar-refractivity contribution is 0.171. The highest BCUT2D eigenvalue weighted by Gasteiger charge is 2.12. The third-order valence-corrected chi connectivity index (χ3v) is 5.15. The molecule has 0 spiro atoms. The van der Waals surface area contributed by atoms with Crippen molar-refractivity contribution in [2.75, 3.05) is 19.8 Å². The van der Waals surface area contributed by atoms with E-state index in [0.717, 1.165) is 27.3 Å². The van der Waals surface area contributed by atoms with E-state index in [1.165, 1.54) is 10.5 Å². The van der Waals surface area contributed by atoms with Gasteiger partial charge in [0.05, 0.1) is 0 Å². The molecule has 1 aliphatic heterocycles. The standard InChI is InChI=1S/C16H16BrNO2S/c17-13-9-11(5-6-18)1-4-16(13)21-12-2-3-14-15(10-12)20-8-7-19-14/h1-4,9-10H,5-8,18H2. The number of rotatable bonds is 4. The number of nitrogens with two attached hydrogens (primary N) is 1. The molecular weight excluding hydrogens is 350 g/mol. The number of benzene rings is 2. The Morgan fingerprint density at radius 3 is 2.62 bits per heavy atom. The van der Waals surface area contributed by atoms with E-state index in [0.29, 0.717) is 19.8 Å². The van der Waals surface area contributed by atoms with Crippen LogP contribution < -0.4 is 15.2 Å². The average molecular weight is 366 g/mol. The first-order valence-corrected chi connectivity index (χ1v) is 8.43. The Bertz CT molecular complexity index is 648. The minimum atomic E-state index is 0.610. The Balaban J connectivity index is 1.80. The Morgan fingerprint density at radius 2 is 1.86 bits per heavy atom. The molecule has 0 aromatic heterocycles. The van der Waals surface area contributed by atoms with Crippen LogP contribution in [0.4, 0.5) is 0 Å². The van der Waals surface area contributed by atoms with Gasteiger partial charge >= 0.3 is 0 Å². The summed E-state index contributed by atoms with van der Waals surface area (Å²) in [6, 6.07) is 12.4. The van der Waals surface area contributed by atoms with Crippen LogP contribution in [-0.4, -0.2) is 19.8 Å². The first kappa shape index (κ1) is 14.8. The van der Waals surface area contributed by atoms with E-state index >= 15 is 0 Å². The summed E-state index contributed by atoms with van der Waals surface area (Å²) in [5.74, 6) is 1.64. The second-order valence-corrected chi connectivity index (χ2v) is 6.68. The minimum absolute atomic E-state index is 0.610. The summed E-state index contributed by atoms with van der Waals surface area (Å²) in [5.41, 5.74) is 6.84. The first-order chi connectivity index (χ1) is 10.3. The fourth-order valence-corrected chi connectivity index (χ4v) is 3.68. The highest BCUT2D eigenvalue weighted by atomic mass is 79.9. The van der Waals surface area contributed by atoms with Crippen molar-refractivity contribution in [3.63, 3.8) is 0 Å². The quantitative estimate of drug-likeness (QED) is 0.892. The normalized spacial score (nSPS) is 13.2. The second-order valence-electron chi connectivity index (χ2n) is 4.71. The molecule has 3 nitrogen and oxygen atoms in total. The molecule has 3 rings (SSSR count). The zero-order valence-corrected chi connectivity index (χ0v) is 13.9. The topological polar surface area (TPSA) is 44.5 Å². The van der Waals surface area contributed by atoms with Crippen molar-refractivity contribution < 1.29 is 9.47 Å². The maximum atomic E-state index is 5.62. The molecule has 5 heteroatoms. The molecule has 0 unspecified atom stereocenters. The summed E-state index contributed by atoms with van der Waals surface area (Å²) in [6.45, 7) is 1.90. The molecule has 2 N–H and O–H groups in total. The molecule has 0 fully saturated rings. The van der Waals surface area contributed by atoms with Crippen molar-refractivity contribution in [2.45, 2.75) is 16.2 Å². The molecule has 2 aromatic rings. The molecule has 0 radical (unpaired) electrons. The molecule has 0 saturated carbocycles. The van der Waals surface area contributed by atoms with Crippen LogP contribution in [0.1, 0.15) is 5.56 Å². The zero-order chi connectivity index (χ0) is 14.7. The first-order valence-electron chi connectivity index (χ1n) is 6.82. The molecule has 0 aliphatic carbocycles. The van der Waals surface area contributed by atoms with Gasteiger partial charge in [0.1, 0.15) is 13.2 Å². The van der Waals surface area contributed by atoms with Crippen LogP contribution in [0, 0.1) is 0 Å². The number of hydrogen-bond donors (Lipinski definition) is 1. The predicted octanol–water partition coefficient (Wildman–Crippen LogP) is 3.87. The van der Waals surface area contributed by atoms with E-state index in [9.17, 15) is 0 Å². The maximum Gasteiger partial charge on any atom is 0.162 e. The third kappa shape index (κ3) is 3.54. The molecule has 1 heterocycles. The summed E-state index contributed by atoms with van der Waals surface area (Å²) in [5, 5.41) is 0. The number of hydrogen-bond acceptors (Lipinski definition) is 4. The van der Waals surface area contributed by atoms with Gasteiger partial charge in [-0.3, -0.25) is 0 Å². The maximum absolute atomic E-state index is 5.62. The van der Waals surface area contributed by atoms with Crippen LogP contribution in [0.25, 0.3) is 0 Å². The summed E-state index contributed by atoms with van der Waals surface area (Å²) in [7, 11) is 0. The van der Waals surface area contributed by atoms with Gasteiger partial charge in [-0.2, -0.15) is 0 Å². The Morgan fingerprint density at radius 1 is 1.05 bits per heavy atom. The number of ether oxygens (including phenoxy) is 2. The lowest BCUT2D eigenvalue weighted by Gasteiger charge is -2.18. The average Bonchev–Trinajstić information content (AvgIpc) is 2.50. The Hall–Kier alpha value is -1.17. The van der Waals surface area contributed by atoms with Gasteiger partial charge in [-0.15, -0.1) is 0 Å². The summed E-state index contributed by atoms with van der Waals surface area (Å²) >= 11 is 5.33. The molecule has 0 atom stereocenters. The Kier molecular flexibility index (Phi) is 4.73. The molecule has 0 amide bonds. The van der Waals surface area contributed by atoms with Crippen molar-refractivity contribution >= 4 is 27.7 Å². The van der Waals surface area contributed by atoms with Gasteiger partial charge in [-0.25, -0.2) is 0 Å². The fraction of sp³-hybridized carbons (Fsp3) is 0.250. The highest BCUT2D eigenvalue weighted by molar-refractivity contribution is 9.10. The van der Waals surface area contributed by atoms with Crippen LogP contribution in [-0.2, 0) is 6.42 Å². The van der Waals surface area contributed by atoms with Crippen LogP contribution in [0.15, 0.2) is 50.7 Å². The van der Waals surface area contributed by atoms with E-state index in [2.05, 4.69) is 40.2 Å². The van der Waals surface area contributed by atoms with Crippen molar-refractivity contribution in [1.29, 1.82) is 0 Å². The third-order valence-electron chi connectivity index (χ3n) is 3.17. The van der Waals surface area contributed by atoms with Gasteiger partial charge in [0.15, 0.2) is 11.5 Å². The van der Waals surface area contributed by atoms with Gasteiger partial charge in [0, 0.05) is 14.3 Å². The number of halogens is 1. The molecule has 0 bridgehead atoms. The van der Waals surface area contributed by atoms with E-state index in [4.69, 9.17) is 15.2 Å². The van der Waals surface area contributed by atoms with Crippen molar-refractivity contribution in [3.8, 4) is 11.5 Å². The SMILES string of the molecule is NCCc1ccc(Sc2ccc3c(c2)OCCO3)c(Br)c1. The second kappa shape index (κ2) is 6.73. The molecule has 2 aromatic carbocycles. The van der Waals surface area contributed by atoms with Crippen LogP contribution >= 0.6 is 27.7 Å². The fourth-order valence-electron chi connectivity index (χ4n) is 2.16. The lowest BCUT2D eigenvalue weighted by atomic mass is 10.2. The predicted molar refractivity (Wildman–Crippen MR) is 88.5 cm³/mol. The molecule has 0 saturated heterocycles. The van der Waals surface area contributed by atoms with Crippen LogP contribution in [0.2, 0.25) is 0 Å². The lowest BCUT2D eigenvalue weighted by Crippen LogP contribution is -2.15. The van der Waals surface area contributed by atoms with Crippen LogP contribution in [0.5, 0.6) is 11.5 Å². The minimum Gasteiger partial charge on any atom is -0.486 e. The monoisotopic (exact) mass is 365 g/mol. The van der Waals surface area contributed by atoms with E-state index in [-0.39, 0.29) is 0 Å². The zero-order valence-electron chi connectivity index (χ0n) is 11.5.